The lowest BCUT2D eigenvalue weighted by molar-refractivity contribution is -0.282. The molecule has 0 spiro atoms. The van der Waals surface area contributed by atoms with E-state index in [4.69, 9.17) is 42.0 Å². The third-order valence-corrected chi connectivity index (χ3v) is 12.9. The first-order valence-electron chi connectivity index (χ1n) is 16.2. The lowest BCUT2D eigenvalue weighted by Crippen LogP contribution is -2.64. The zero-order valence-corrected chi connectivity index (χ0v) is 31.6. The lowest BCUT2D eigenvalue weighted by Gasteiger charge is -2.43. The molecule has 1 aliphatic heterocycles. The SMILES string of the molecule is COC(=O)C1O[C@@H](Oc2cc(OC(C)=O)c3c(=O)c(-c4ccc(O[Si](C)(C)C(C)(C)C)cc4)coc3c2)C(OC(C)=O)C(OC(C)=O)[C@H]1OC(C)=O. The van der Waals surface area contributed by atoms with Crippen LogP contribution in [0.15, 0.2) is 51.9 Å². The van der Waals surface area contributed by atoms with Gasteiger partial charge in [0.15, 0.2) is 18.3 Å². The molecule has 1 aliphatic rings. The second-order valence-electron chi connectivity index (χ2n) is 13.5. The van der Waals surface area contributed by atoms with Crippen molar-refractivity contribution in [2.75, 3.05) is 7.11 Å². The average molecular weight is 743 g/mol. The molecule has 0 saturated carbocycles. The number of carbonyl (C=O) groups excluding carboxylic acids is 5. The Balaban J connectivity index is 1.78. The number of hydrogen-bond donors (Lipinski definition) is 0. The highest BCUT2D eigenvalue weighted by atomic mass is 28.4. The van der Waals surface area contributed by atoms with Crippen molar-refractivity contribution in [3.63, 3.8) is 0 Å². The van der Waals surface area contributed by atoms with Crippen molar-refractivity contribution >= 4 is 49.1 Å². The van der Waals surface area contributed by atoms with E-state index < -0.39 is 74.3 Å². The van der Waals surface area contributed by atoms with Crippen LogP contribution in [0.3, 0.4) is 0 Å². The molecule has 15 nitrogen and oxygen atoms in total. The van der Waals surface area contributed by atoms with Gasteiger partial charge in [-0.25, -0.2) is 4.79 Å². The Kier molecular flexibility index (Phi) is 11.8. The van der Waals surface area contributed by atoms with Crippen molar-refractivity contribution in [3.05, 3.63) is 52.9 Å². The molecule has 0 N–H and O–H groups in total. The predicted octanol–water partition coefficient (Wildman–Crippen LogP) is 4.84. The fraction of sp³-hybridized carbons (Fsp3) is 0.444. The van der Waals surface area contributed by atoms with Crippen LogP contribution in [0.2, 0.25) is 18.1 Å². The predicted molar refractivity (Wildman–Crippen MR) is 185 cm³/mol. The Morgan fingerprint density at radius 3 is 1.88 bits per heavy atom. The number of fused-ring (bicyclic) bond motifs is 1. The van der Waals surface area contributed by atoms with Crippen molar-refractivity contribution in [2.24, 2.45) is 0 Å². The molecule has 1 saturated heterocycles. The Morgan fingerprint density at radius 2 is 1.35 bits per heavy atom. The van der Waals surface area contributed by atoms with E-state index in [1.54, 1.807) is 24.3 Å². The molecular weight excluding hydrogens is 700 g/mol. The fourth-order valence-electron chi connectivity index (χ4n) is 5.15. The summed E-state index contributed by atoms with van der Waals surface area (Å²) in [4.78, 5) is 75.3. The van der Waals surface area contributed by atoms with E-state index in [9.17, 15) is 28.8 Å². The number of methoxy groups -OCH3 is 1. The zero-order valence-electron chi connectivity index (χ0n) is 30.6. The maximum atomic E-state index is 13.9. The average Bonchev–Trinajstić information content (AvgIpc) is 3.02. The van der Waals surface area contributed by atoms with E-state index in [0.29, 0.717) is 11.3 Å². The smallest absolute Gasteiger partial charge is 0.339 e. The van der Waals surface area contributed by atoms with Gasteiger partial charge in [0.1, 0.15) is 34.5 Å². The molecule has 2 heterocycles. The van der Waals surface area contributed by atoms with E-state index in [1.165, 1.54) is 18.4 Å². The number of carbonyl (C=O) groups is 5. The second-order valence-corrected chi connectivity index (χ2v) is 18.3. The monoisotopic (exact) mass is 742 g/mol. The van der Waals surface area contributed by atoms with Gasteiger partial charge in [-0.2, -0.15) is 0 Å². The van der Waals surface area contributed by atoms with Crippen LogP contribution in [-0.2, 0) is 47.7 Å². The largest absolute Gasteiger partial charge is 0.544 e. The highest BCUT2D eigenvalue weighted by molar-refractivity contribution is 6.74. The van der Waals surface area contributed by atoms with Gasteiger partial charge in [-0.3, -0.25) is 24.0 Å². The third kappa shape index (κ3) is 8.98. The van der Waals surface area contributed by atoms with Gasteiger partial charge in [0.2, 0.25) is 26.1 Å². The summed E-state index contributed by atoms with van der Waals surface area (Å²) in [6.07, 6.45) is -7.04. The van der Waals surface area contributed by atoms with Gasteiger partial charge in [0.05, 0.1) is 12.7 Å². The number of ether oxygens (including phenoxy) is 7. The van der Waals surface area contributed by atoms with E-state index in [-0.39, 0.29) is 33.1 Å². The summed E-state index contributed by atoms with van der Waals surface area (Å²) >= 11 is 0. The Hall–Kier alpha value is -5.22. The first kappa shape index (κ1) is 39.6. The minimum absolute atomic E-state index is 0.0232. The van der Waals surface area contributed by atoms with Gasteiger partial charge in [-0.05, 0) is 35.8 Å². The summed E-state index contributed by atoms with van der Waals surface area (Å²) in [5.41, 5.74) is 0.0818. The summed E-state index contributed by atoms with van der Waals surface area (Å²) in [5, 5.41) is -0.118. The number of esters is 5. The zero-order chi connectivity index (χ0) is 38.7. The maximum Gasteiger partial charge on any atom is 0.339 e. The number of hydrogen-bond acceptors (Lipinski definition) is 15. The molecule has 0 bridgehead atoms. The van der Waals surface area contributed by atoms with Gasteiger partial charge in [0.25, 0.3) is 0 Å². The van der Waals surface area contributed by atoms with E-state index in [0.717, 1.165) is 34.8 Å². The summed E-state index contributed by atoms with van der Waals surface area (Å²) in [6.45, 7) is 14.9. The standard InChI is InChI=1S/C36H42O15Si/c1-18(37)45-27-16-24(49-35-33(48-21(4)40)31(47-20(3)39)30(46-19(2)38)32(50-35)34(42)43-8)15-26-28(27)29(41)25(17-44-26)22-11-13-23(14-12-22)51-52(9,10)36(5,6)7/h11-17,30-33,35H,1-10H3/t30-,31?,32?,33?,35-/m1/s1. The maximum absolute atomic E-state index is 13.9. The van der Waals surface area contributed by atoms with E-state index in [1.807, 2.05) is 0 Å². The molecule has 280 valence electrons. The molecule has 0 aliphatic carbocycles. The summed E-state index contributed by atoms with van der Waals surface area (Å²) < 4.78 is 50.4. The first-order chi connectivity index (χ1) is 24.2. The molecule has 5 atom stereocenters. The summed E-state index contributed by atoms with van der Waals surface area (Å²) in [5.74, 6) is -4.15. The Morgan fingerprint density at radius 1 is 0.769 bits per heavy atom. The van der Waals surface area contributed by atoms with Crippen molar-refractivity contribution < 1.29 is 66.0 Å². The highest BCUT2D eigenvalue weighted by Crippen LogP contribution is 2.39. The molecule has 4 rings (SSSR count). The van der Waals surface area contributed by atoms with Crippen LogP contribution in [-0.4, -0.2) is 76.0 Å². The lowest BCUT2D eigenvalue weighted by atomic mass is 9.97. The highest BCUT2D eigenvalue weighted by Gasteiger charge is 2.56. The van der Waals surface area contributed by atoms with Crippen LogP contribution in [0.1, 0.15) is 48.5 Å². The van der Waals surface area contributed by atoms with Crippen molar-refractivity contribution in [1.29, 1.82) is 0 Å². The topological polar surface area (TPSA) is 189 Å². The molecule has 1 fully saturated rings. The van der Waals surface area contributed by atoms with E-state index >= 15 is 0 Å². The van der Waals surface area contributed by atoms with Crippen LogP contribution < -0.4 is 19.3 Å². The Bertz CT molecular complexity index is 1910. The van der Waals surface area contributed by atoms with Gasteiger partial charge in [-0.1, -0.05) is 32.9 Å². The minimum Gasteiger partial charge on any atom is -0.544 e. The molecule has 2 aromatic carbocycles. The first-order valence-corrected chi connectivity index (χ1v) is 19.1. The van der Waals surface area contributed by atoms with Gasteiger partial charge in [0, 0.05) is 39.8 Å². The fourth-order valence-corrected chi connectivity index (χ4v) is 6.19. The minimum atomic E-state index is -2.12. The van der Waals surface area contributed by atoms with Crippen LogP contribution in [0.25, 0.3) is 22.1 Å². The molecule has 52 heavy (non-hydrogen) atoms. The van der Waals surface area contributed by atoms with Crippen molar-refractivity contribution in [2.45, 2.75) is 97.3 Å². The molecule has 3 unspecified atom stereocenters. The number of rotatable bonds is 10. The van der Waals surface area contributed by atoms with Crippen molar-refractivity contribution in [3.8, 4) is 28.4 Å². The summed E-state index contributed by atoms with van der Waals surface area (Å²) in [6, 6.07) is 9.46. The van der Waals surface area contributed by atoms with Crippen LogP contribution in [0, 0.1) is 0 Å². The molecule has 16 heteroatoms. The van der Waals surface area contributed by atoms with Gasteiger partial charge < -0.3 is 42.0 Å². The van der Waals surface area contributed by atoms with Crippen molar-refractivity contribution in [1.82, 2.24) is 0 Å². The quantitative estimate of drug-likeness (QED) is 0.119. The van der Waals surface area contributed by atoms with Gasteiger partial charge in [-0.15, -0.1) is 0 Å². The molecule has 3 aromatic rings. The van der Waals surface area contributed by atoms with Crippen LogP contribution >= 0.6 is 0 Å². The molecule has 1 aromatic heterocycles. The molecule has 0 radical (unpaired) electrons. The third-order valence-electron chi connectivity index (χ3n) is 8.50. The summed E-state index contributed by atoms with van der Waals surface area (Å²) in [7, 11) is -1.07. The molecule has 0 amide bonds. The van der Waals surface area contributed by atoms with Crippen LogP contribution in [0.4, 0.5) is 0 Å². The molecular formula is C36H42O15Si. The normalized spacial score (nSPS) is 20.3. The Labute approximate surface area is 300 Å². The second kappa shape index (κ2) is 15.6. The van der Waals surface area contributed by atoms with E-state index in [2.05, 4.69) is 33.9 Å². The van der Waals surface area contributed by atoms with Crippen LogP contribution in [0.5, 0.6) is 17.2 Å². The number of benzene rings is 2. The van der Waals surface area contributed by atoms with Gasteiger partial charge >= 0.3 is 29.8 Å².